The van der Waals surface area contributed by atoms with Crippen molar-refractivity contribution in [2.45, 2.75) is 13.3 Å². The van der Waals surface area contributed by atoms with E-state index in [2.05, 4.69) is 0 Å². The Morgan fingerprint density at radius 2 is 1.95 bits per heavy atom. The smallest absolute Gasteiger partial charge is 0.303 e. The van der Waals surface area contributed by atoms with Crippen molar-refractivity contribution in [2.75, 3.05) is 19.7 Å². The first-order valence-electron chi connectivity index (χ1n) is 6.34. The normalized spacial score (nSPS) is 14.9. The summed E-state index contributed by atoms with van der Waals surface area (Å²) in [4.78, 5) is 24.3. The van der Waals surface area contributed by atoms with E-state index in [1.54, 1.807) is 29.2 Å². The maximum absolute atomic E-state index is 12.1. The van der Waals surface area contributed by atoms with E-state index in [4.69, 9.17) is 9.84 Å². The van der Waals surface area contributed by atoms with E-state index < -0.39 is 5.97 Å². The molecule has 1 aromatic carbocycles. The summed E-state index contributed by atoms with van der Waals surface area (Å²) < 4.78 is 5.31. The topological polar surface area (TPSA) is 66.8 Å². The number of aliphatic carboxylic acids is 1. The highest BCUT2D eigenvalue weighted by molar-refractivity contribution is 5.94. The van der Waals surface area contributed by atoms with Crippen LogP contribution in [0, 0.1) is 5.92 Å². The molecule has 2 rings (SSSR count). The van der Waals surface area contributed by atoms with Crippen LogP contribution < -0.4 is 4.74 Å². The minimum atomic E-state index is -0.807. The Hall–Kier alpha value is -2.04. The van der Waals surface area contributed by atoms with E-state index in [9.17, 15) is 9.59 Å². The molecule has 1 aliphatic heterocycles. The molecule has 0 aliphatic carbocycles. The first kappa shape index (κ1) is 13.4. The average molecular weight is 263 g/mol. The number of hydrogen-bond donors (Lipinski definition) is 1. The molecule has 0 saturated carbocycles. The molecule has 5 heteroatoms. The number of carbonyl (C=O) groups excluding carboxylic acids is 1. The number of carbonyl (C=O) groups is 2. The number of likely N-dealkylation sites (tertiary alicyclic amines) is 1. The van der Waals surface area contributed by atoms with Crippen molar-refractivity contribution < 1.29 is 19.4 Å². The molecular weight excluding hydrogens is 246 g/mol. The molecule has 1 aromatic rings. The molecule has 19 heavy (non-hydrogen) atoms. The lowest BCUT2D eigenvalue weighted by Gasteiger charge is -2.38. The fraction of sp³-hybridized carbons (Fsp3) is 0.429. The third-order valence-corrected chi connectivity index (χ3v) is 3.12. The minimum absolute atomic E-state index is 0.0512. The summed E-state index contributed by atoms with van der Waals surface area (Å²) in [6.07, 6.45) is 0.132. The van der Waals surface area contributed by atoms with Crippen molar-refractivity contribution in [3.8, 4) is 5.75 Å². The standard InChI is InChI=1S/C14H17NO4/c1-2-19-12-5-3-11(4-6-12)14(18)15-8-10(9-15)7-13(16)17/h3-6,10H,2,7-9H2,1H3,(H,16,17). The van der Waals surface area contributed by atoms with Crippen LogP contribution >= 0.6 is 0 Å². The first-order valence-corrected chi connectivity index (χ1v) is 6.34. The van der Waals surface area contributed by atoms with Gasteiger partial charge in [0.1, 0.15) is 5.75 Å². The van der Waals surface area contributed by atoms with Gasteiger partial charge >= 0.3 is 5.97 Å². The highest BCUT2D eigenvalue weighted by Crippen LogP contribution is 2.22. The molecule has 5 nitrogen and oxygen atoms in total. The monoisotopic (exact) mass is 263 g/mol. The molecule has 0 radical (unpaired) electrons. The van der Waals surface area contributed by atoms with Crippen LogP contribution in [0.25, 0.3) is 0 Å². The van der Waals surface area contributed by atoms with E-state index >= 15 is 0 Å². The first-order chi connectivity index (χ1) is 9.10. The summed E-state index contributed by atoms with van der Waals surface area (Å²) in [7, 11) is 0. The molecule has 1 amide bonds. The van der Waals surface area contributed by atoms with Gasteiger partial charge in [-0.05, 0) is 31.2 Å². The predicted molar refractivity (Wildman–Crippen MR) is 69.3 cm³/mol. The highest BCUT2D eigenvalue weighted by atomic mass is 16.5. The molecule has 102 valence electrons. The van der Waals surface area contributed by atoms with Gasteiger partial charge in [-0.3, -0.25) is 9.59 Å². The van der Waals surface area contributed by atoms with Crippen LogP contribution in [0.5, 0.6) is 5.75 Å². The SMILES string of the molecule is CCOc1ccc(C(=O)N2CC(CC(=O)O)C2)cc1. The number of ether oxygens (including phenoxy) is 1. The number of rotatable bonds is 5. The summed E-state index contributed by atoms with van der Waals surface area (Å²) in [5.41, 5.74) is 0.609. The van der Waals surface area contributed by atoms with Crippen LogP contribution in [0.1, 0.15) is 23.7 Å². The van der Waals surface area contributed by atoms with Gasteiger partial charge in [-0.1, -0.05) is 0 Å². The summed E-state index contributed by atoms with van der Waals surface area (Å²) >= 11 is 0. The Labute approximate surface area is 111 Å². The summed E-state index contributed by atoms with van der Waals surface area (Å²) in [6, 6.07) is 7.01. The molecule has 0 unspecified atom stereocenters. The van der Waals surface area contributed by atoms with Crippen LogP contribution in [-0.2, 0) is 4.79 Å². The minimum Gasteiger partial charge on any atom is -0.494 e. The van der Waals surface area contributed by atoms with E-state index in [-0.39, 0.29) is 18.2 Å². The second-order valence-electron chi connectivity index (χ2n) is 4.63. The van der Waals surface area contributed by atoms with Crippen molar-refractivity contribution >= 4 is 11.9 Å². The summed E-state index contributed by atoms with van der Waals surface area (Å²) in [5.74, 6) is -0.0292. The maximum atomic E-state index is 12.1. The van der Waals surface area contributed by atoms with Gasteiger partial charge in [0.15, 0.2) is 0 Å². The lowest BCUT2D eigenvalue weighted by molar-refractivity contribution is -0.139. The average Bonchev–Trinajstić information content (AvgIpc) is 2.33. The Kier molecular flexibility index (Phi) is 4.04. The van der Waals surface area contributed by atoms with Crippen molar-refractivity contribution in [1.29, 1.82) is 0 Å². The third kappa shape index (κ3) is 3.24. The largest absolute Gasteiger partial charge is 0.494 e. The van der Waals surface area contributed by atoms with E-state index in [1.807, 2.05) is 6.92 Å². The van der Waals surface area contributed by atoms with Crippen LogP contribution in [0.15, 0.2) is 24.3 Å². The maximum Gasteiger partial charge on any atom is 0.303 e. The number of benzene rings is 1. The second kappa shape index (κ2) is 5.73. The van der Waals surface area contributed by atoms with E-state index in [0.29, 0.717) is 25.3 Å². The Balaban J connectivity index is 1.89. The Morgan fingerprint density at radius 1 is 1.32 bits per heavy atom. The lowest BCUT2D eigenvalue weighted by Crippen LogP contribution is -2.50. The van der Waals surface area contributed by atoms with Gasteiger partial charge in [0, 0.05) is 24.6 Å². The van der Waals surface area contributed by atoms with Gasteiger partial charge in [-0.25, -0.2) is 0 Å². The van der Waals surface area contributed by atoms with Gasteiger partial charge in [0.25, 0.3) is 5.91 Å². The van der Waals surface area contributed by atoms with Crippen LogP contribution in [0.2, 0.25) is 0 Å². The number of amides is 1. The zero-order valence-corrected chi connectivity index (χ0v) is 10.8. The van der Waals surface area contributed by atoms with Gasteiger partial charge in [-0.2, -0.15) is 0 Å². The summed E-state index contributed by atoms with van der Waals surface area (Å²) in [5, 5.41) is 8.65. The van der Waals surface area contributed by atoms with E-state index in [1.165, 1.54) is 0 Å². The molecule has 1 fully saturated rings. The lowest BCUT2D eigenvalue weighted by atomic mass is 9.95. The number of nitrogens with zero attached hydrogens (tertiary/aromatic N) is 1. The van der Waals surface area contributed by atoms with Gasteiger partial charge in [0.05, 0.1) is 13.0 Å². The zero-order chi connectivity index (χ0) is 13.8. The highest BCUT2D eigenvalue weighted by Gasteiger charge is 2.32. The Bertz CT molecular complexity index is 463. The second-order valence-corrected chi connectivity index (χ2v) is 4.63. The number of hydrogen-bond acceptors (Lipinski definition) is 3. The zero-order valence-electron chi connectivity index (χ0n) is 10.8. The van der Waals surface area contributed by atoms with Gasteiger partial charge in [-0.15, -0.1) is 0 Å². The fourth-order valence-electron chi connectivity index (χ4n) is 2.15. The molecule has 1 N–H and O–H groups in total. The van der Waals surface area contributed by atoms with Gasteiger partial charge in [0.2, 0.25) is 0 Å². The molecule has 1 heterocycles. The van der Waals surface area contributed by atoms with Gasteiger partial charge < -0.3 is 14.7 Å². The predicted octanol–water partition coefficient (Wildman–Crippen LogP) is 1.63. The molecule has 0 aromatic heterocycles. The number of carboxylic acid groups (broad SMARTS) is 1. The van der Waals surface area contributed by atoms with Crippen molar-refractivity contribution in [3.05, 3.63) is 29.8 Å². The molecule has 0 atom stereocenters. The van der Waals surface area contributed by atoms with Crippen molar-refractivity contribution in [1.82, 2.24) is 4.90 Å². The van der Waals surface area contributed by atoms with Crippen molar-refractivity contribution in [2.24, 2.45) is 5.92 Å². The molecule has 0 bridgehead atoms. The molecule has 1 saturated heterocycles. The Morgan fingerprint density at radius 3 is 2.47 bits per heavy atom. The van der Waals surface area contributed by atoms with E-state index in [0.717, 1.165) is 5.75 Å². The van der Waals surface area contributed by atoms with Crippen LogP contribution in [-0.4, -0.2) is 41.6 Å². The molecule has 0 spiro atoms. The fourth-order valence-corrected chi connectivity index (χ4v) is 2.15. The van der Waals surface area contributed by atoms with Crippen LogP contribution in [0.4, 0.5) is 0 Å². The summed E-state index contributed by atoms with van der Waals surface area (Å²) in [6.45, 7) is 3.55. The molecule has 1 aliphatic rings. The van der Waals surface area contributed by atoms with Crippen LogP contribution in [0.3, 0.4) is 0 Å². The van der Waals surface area contributed by atoms with Crippen molar-refractivity contribution in [3.63, 3.8) is 0 Å². The molecular formula is C14H17NO4. The quantitative estimate of drug-likeness (QED) is 0.876. The number of carboxylic acids is 1. The third-order valence-electron chi connectivity index (χ3n) is 3.12.